The number of H-pyrrole nitrogens is 1. The van der Waals surface area contributed by atoms with E-state index in [0.29, 0.717) is 22.7 Å². The number of ether oxygens (including phenoxy) is 1. The summed E-state index contributed by atoms with van der Waals surface area (Å²) in [4.78, 5) is 9.96. The van der Waals surface area contributed by atoms with Gasteiger partial charge in [-0.15, -0.1) is 0 Å². The molecule has 0 radical (unpaired) electrons. The number of hydrogen-bond donors (Lipinski definition) is 2. The third kappa shape index (κ3) is 4.87. The minimum Gasteiger partial charge on any atom is -0.495 e. The Kier molecular flexibility index (Phi) is 5.90. The predicted octanol–water partition coefficient (Wildman–Crippen LogP) is 3.87. The zero-order chi connectivity index (χ0) is 23.8. The molecule has 2 aromatic carbocycles. The van der Waals surface area contributed by atoms with Crippen molar-refractivity contribution in [2.24, 2.45) is 0 Å². The van der Waals surface area contributed by atoms with Crippen LogP contribution < -0.4 is 15.0 Å². The van der Waals surface area contributed by atoms with Crippen molar-refractivity contribution in [3.63, 3.8) is 0 Å². The fourth-order valence-electron chi connectivity index (χ4n) is 3.48. The van der Waals surface area contributed by atoms with Crippen molar-refractivity contribution >= 4 is 43.9 Å². The van der Waals surface area contributed by atoms with Crippen LogP contribution in [0.4, 0.5) is 27.5 Å². The van der Waals surface area contributed by atoms with E-state index in [4.69, 9.17) is 4.74 Å². The molecule has 0 fully saturated rings. The number of hydrogen-bond acceptors (Lipinski definition) is 8. The molecule has 0 aliphatic rings. The maximum atomic E-state index is 14.7. The lowest BCUT2D eigenvalue weighted by Crippen LogP contribution is -2.14. The highest BCUT2D eigenvalue weighted by Gasteiger charge is 2.16. The summed E-state index contributed by atoms with van der Waals surface area (Å²) < 4.78 is 43.3. The Balaban J connectivity index is 1.66. The van der Waals surface area contributed by atoms with Gasteiger partial charge in [-0.3, -0.25) is 5.10 Å². The zero-order valence-corrected chi connectivity index (χ0v) is 19.4. The normalized spacial score (nSPS) is 11.5. The fourth-order valence-corrected chi connectivity index (χ4v) is 4.27. The molecule has 11 heteroatoms. The molecule has 4 rings (SSSR count). The summed E-state index contributed by atoms with van der Waals surface area (Å²) in [6.07, 6.45) is 2.24. The van der Waals surface area contributed by atoms with Crippen LogP contribution in [0.3, 0.4) is 0 Å². The first-order valence-electron chi connectivity index (χ1n) is 9.97. The topological polar surface area (TPSA) is 113 Å². The third-order valence-corrected chi connectivity index (χ3v) is 5.96. The van der Waals surface area contributed by atoms with Gasteiger partial charge in [0.05, 0.1) is 30.3 Å². The van der Waals surface area contributed by atoms with Crippen LogP contribution in [0.1, 0.15) is 11.3 Å². The molecular weight excluding hydrogens is 447 g/mol. The van der Waals surface area contributed by atoms with E-state index in [0.717, 1.165) is 29.0 Å². The summed E-state index contributed by atoms with van der Waals surface area (Å²) >= 11 is 0. The predicted molar refractivity (Wildman–Crippen MR) is 126 cm³/mol. The van der Waals surface area contributed by atoms with Crippen LogP contribution in [-0.2, 0) is 15.6 Å². The van der Waals surface area contributed by atoms with Gasteiger partial charge in [0.25, 0.3) is 0 Å². The summed E-state index contributed by atoms with van der Waals surface area (Å²) in [5, 5.41) is 11.2. The van der Waals surface area contributed by atoms with Crippen molar-refractivity contribution < 1.29 is 17.5 Å². The summed E-state index contributed by atoms with van der Waals surface area (Å²) in [6.45, 7) is 1.93. The van der Waals surface area contributed by atoms with Gasteiger partial charge < -0.3 is 15.0 Å². The highest BCUT2D eigenvalue weighted by Crippen LogP contribution is 2.31. The number of nitrogens with zero attached hydrogens (tertiary/aromatic N) is 4. The fraction of sp³-hybridized carbons (Fsp3) is 0.227. The van der Waals surface area contributed by atoms with Crippen LogP contribution in [0.25, 0.3) is 10.9 Å². The number of methoxy groups -OCH3 is 1. The molecule has 0 atom stereocenters. The van der Waals surface area contributed by atoms with Gasteiger partial charge in [-0.1, -0.05) is 6.07 Å². The van der Waals surface area contributed by atoms with Gasteiger partial charge in [0.1, 0.15) is 5.75 Å². The number of nitrogens with one attached hydrogen (secondary N) is 2. The molecule has 172 valence electrons. The van der Waals surface area contributed by atoms with E-state index in [-0.39, 0.29) is 17.5 Å². The summed E-state index contributed by atoms with van der Waals surface area (Å²) in [5.41, 5.74) is 3.45. The minimum atomic E-state index is -3.22. The Labute approximate surface area is 190 Å². The summed E-state index contributed by atoms with van der Waals surface area (Å²) in [7, 11) is -0.0262. The molecule has 0 spiro atoms. The van der Waals surface area contributed by atoms with Crippen molar-refractivity contribution in [3.05, 3.63) is 59.7 Å². The summed E-state index contributed by atoms with van der Waals surface area (Å²) in [5.74, 6) is -0.0669. The van der Waals surface area contributed by atoms with Gasteiger partial charge in [0.2, 0.25) is 5.95 Å². The van der Waals surface area contributed by atoms with Gasteiger partial charge in [0.15, 0.2) is 21.5 Å². The largest absolute Gasteiger partial charge is 0.495 e. The molecule has 2 aromatic heterocycles. The molecule has 33 heavy (non-hydrogen) atoms. The Morgan fingerprint density at radius 3 is 2.73 bits per heavy atom. The van der Waals surface area contributed by atoms with Crippen molar-refractivity contribution in [1.29, 1.82) is 0 Å². The molecule has 0 amide bonds. The molecule has 4 aromatic rings. The Hall–Kier alpha value is -3.73. The summed E-state index contributed by atoms with van der Waals surface area (Å²) in [6, 6.07) is 10.6. The molecule has 0 aliphatic carbocycles. The highest BCUT2D eigenvalue weighted by molar-refractivity contribution is 7.89. The average Bonchev–Trinajstić information content (AvgIpc) is 3.14. The van der Waals surface area contributed by atoms with Crippen LogP contribution in [0, 0.1) is 12.7 Å². The second kappa shape index (κ2) is 8.66. The van der Waals surface area contributed by atoms with Crippen molar-refractivity contribution in [2.45, 2.75) is 12.7 Å². The zero-order valence-electron chi connectivity index (χ0n) is 18.5. The number of fused-ring (bicyclic) bond motifs is 1. The average molecular weight is 471 g/mol. The lowest BCUT2D eigenvalue weighted by atomic mass is 10.2. The number of aryl methyl sites for hydroxylation is 1. The second-order valence-electron chi connectivity index (χ2n) is 7.70. The molecule has 0 aliphatic heterocycles. The number of aromatic nitrogens is 4. The molecule has 0 unspecified atom stereocenters. The van der Waals surface area contributed by atoms with Gasteiger partial charge in [-0.25, -0.2) is 17.8 Å². The number of benzene rings is 2. The van der Waals surface area contributed by atoms with Gasteiger partial charge >= 0.3 is 0 Å². The first kappa shape index (κ1) is 22.5. The standard InChI is InChI=1S/C22H23FN6O3S/c1-13-16-7-6-15(10-18(16)28-27-13)29(2)21-17(23)11-24-22(26-21)25-19-9-14(12-33(4,30)31)5-8-20(19)32-3/h5-11H,12H2,1-4H3,(H,27,28)(H,24,25,26). The van der Waals surface area contributed by atoms with Crippen molar-refractivity contribution in [3.8, 4) is 5.75 Å². The van der Waals surface area contributed by atoms with E-state index in [2.05, 4.69) is 25.5 Å². The molecule has 2 heterocycles. The lowest BCUT2D eigenvalue weighted by molar-refractivity contribution is 0.416. The lowest BCUT2D eigenvalue weighted by Gasteiger charge is -2.20. The Morgan fingerprint density at radius 2 is 2.00 bits per heavy atom. The maximum absolute atomic E-state index is 14.7. The SMILES string of the molecule is COc1ccc(CS(C)(=O)=O)cc1Nc1ncc(F)c(N(C)c2ccc3c(C)[nH]nc3c2)n1. The number of sulfone groups is 1. The van der Waals surface area contributed by atoms with E-state index in [1.165, 1.54) is 7.11 Å². The number of halogens is 1. The number of anilines is 4. The van der Waals surface area contributed by atoms with Crippen molar-refractivity contribution in [1.82, 2.24) is 20.2 Å². The van der Waals surface area contributed by atoms with E-state index >= 15 is 0 Å². The van der Waals surface area contributed by atoms with Crippen LogP contribution in [0.5, 0.6) is 5.75 Å². The minimum absolute atomic E-state index is 0.0605. The van der Waals surface area contributed by atoms with Gasteiger partial charge in [0, 0.05) is 30.1 Å². The van der Waals surface area contributed by atoms with Crippen molar-refractivity contribution in [2.75, 3.05) is 30.6 Å². The smallest absolute Gasteiger partial charge is 0.229 e. The first-order chi connectivity index (χ1) is 15.6. The van der Waals surface area contributed by atoms with Crippen LogP contribution in [0.15, 0.2) is 42.6 Å². The van der Waals surface area contributed by atoms with Crippen LogP contribution >= 0.6 is 0 Å². The Morgan fingerprint density at radius 1 is 1.21 bits per heavy atom. The molecular formula is C22H23FN6O3S. The van der Waals surface area contributed by atoms with Crippen LogP contribution in [0.2, 0.25) is 0 Å². The van der Waals surface area contributed by atoms with E-state index in [1.54, 1.807) is 30.1 Å². The molecule has 0 bridgehead atoms. The monoisotopic (exact) mass is 470 g/mol. The van der Waals surface area contributed by atoms with E-state index in [9.17, 15) is 12.8 Å². The second-order valence-corrected chi connectivity index (χ2v) is 9.84. The third-order valence-electron chi connectivity index (χ3n) is 5.10. The quantitative estimate of drug-likeness (QED) is 0.419. The maximum Gasteiger partial charge on any atom is 0.229 e. The Bertz CT molecular complexity index is 1440. The van der Waals surface area contributed by atoms with Gasteiger partial charge in [-0.2, -0.15) is 10.1 Å². The van der Waals surface area contributed by atoms with E-state index < -0.39 is 15.7 Å². The molecule has 0 saturated heterocycles. The molecule has 2 N–H and O–H groups in total. The molecule has 9 nitrogen and oxygen atoms in total. The van der Waals surface area contributed by atoms with Gasteiger partial charge in [-0.05, 0) is 42.8 Å². The van der Waals surface area contributed by atoms with Crippen LogP contribution in [-0.4, -0.2) is 49.0 Å². The molecule has 0 saturated carbocycles. The first-order valence-corrected chi connectivity index (χ1v) is 12.0. The number of rotatable bonds is 7. The highest BCUT2D eigenvalue weighted by atomic mass is 32.2. The number of aromatic amines is 1. The van der Waals surface area contributed by atoms with E-state index in [1.807, 2.05) is 25.1 Å².